The van der Waals surface area contributed by atoms with E-state index in [4.69, 9.17) is 4.74 Å². The van der Waals surface area contributed by atoms with Gasteiger partial charge in [-0.3, -0.25) is 14.8 Å². The summed E-state index contributed by atoms with van der Waals surface area (Å²) in [6, 6.07) is 1.81. The summed E-state index contributed by atoms with van der Waals surface area (Å²) in [5.74, 6) is 0.671. The van der Waals surface area contributed by atoms with Crippen LogP contribution in [0, 0.1) is 0 Å². The summed E-state index contributed by atoms with van der Waals surface area (Å²) in [4.78, 5) is 21.6. The van der Waals surface area contributed by atoms with Crippen molar-refractivity contribution in [1.29, 1.82) is 0 Å². The van der Waals surface area contributed by atoms with E-state index < -0.39 is 0 Å². The van der Waals surface area contributed by atoms with Gasteiger partial charge in [0.1, 0.15) is 5.75 Å². The third-order valence-electron chi connectivity index (χ3n) is 1.99. The van der Waals surface area contributed by atoms with Gasteiger partial charge in [0.25, 0.3) is 5.56 Å². The smallest absolute Gasteiger partial charge is 0.266 e. The molecule has 0 aromatic carbocycles. The molecule has 0 bridgehead atoms. The van der Waals surface area contributed by atoms with Crippen LogP contribution in [0.5, 0.6) is 5.75 Å². The Balaban J connectivity index is 2.40. The van der Waals surface area contributed by atoms with E-state index in [9.17, 15) is 4.79 Å². The van der Waals surface area contributed by atoms with Crippen LogP contribution in [0.4, 0.5) is 0 Å². The molecule has 0 atom stereocenters. The summed E-state index contributed by atoms with van der Waals surface area (Å²) >= 11 is 0. The minimum atomic E-state index is -0.237. The minimum Gasteiger partial charge on any atom is -0.492 e. The van der Waals surface area contributed by atoms with E-state index in [1.807, 2.05) is 13.0 Å². The van der Waals surface area contributed by atoms with Gasteiger partial charge >= 0.3 is 0 Å². The van der Waals surface area contributed by atoms with Crippen LogP contribution in [0.25, 0.3) is 11.3 Å². The van der Waals surface area contributed by atoms with Gasteiger partial charge < -0.3 is 9.72 Å². The average Bonchev–Trinajstić information content (AvgIpc) is 2.30. The number of hydrogen-bond donors (Lipinski definition) is 1. The first-order valence-corrected chi connectivity index (χ1v) is 4.92. The molecule has 0 aliphatic heterocycles. The molecule has 2 rings (SSSR count). The molecule has 0 unspecified atom stereocenters. The first kappa shape index (κ1) is 10.4. The summed E-state index contributed by atoms with van der Waals surface area (Å²) in [5.41, 5.74) is 1.16. The zero-order valence-corrected chi connectivity index (χ0v) is 8.80. The lowest BCUT2D eigenvalue weighted by molar-refractivity contribution is 0.339. The fraction of sp³-hybridized carbons (Fsp3) is 0.182. The quantitative estimate of drug-likeness (QED) is 0.839. The van der Waals surface area contributed by atoms with Crippen LogP contribution in [0.3, 0.4) is 0 Å². The number of aromatic amines is 1. The number of nitrogens with zero attached hydrogens (tertiary/aromatic N) is 2. The molecule has 16 heavy (non-hydrogen) atoms. The number of pyridine rings is 1. The Hall–Kier alpha value is -2.17. The predicted octanol–water partition coefficient (Wildman–Crippen LogP) is 1.23. The van der Waals surface area contributed by atoms with Crippen LogP contribution in [0.2, 0.25) is 0 Å². The number of hydrogen-bond acceptors (Lipinski definition) is 4. The van der Waals surface area contributed by atoms with Crippen LogP contribution in [0.1, 0.15) is 6.92 Å². The van der Waals surface area contributed by atoms with Crippen molar-refractivity contribution in [3.05, 3.63) is 41.2 Å². The van der Waals surface area contributed by atoms with Crippen molar-refractivity contribution >= 4 is 0 Å². The van der Waals surface area contributed by atoms with E-state index in [1.54, 1.807) is 18.6 Å². The van der Waals surface area contributed by atoms with Crippen molar-refractivity contribution in [3.63, 3.8) is 0 Å². The molecule has 0 fully saturated rings. The monoisotopic (exact) mass is 217 g/mol. The molecule has 0 aliphatic rings. The van der Waals surface area contributed by atoms with Crippen molar-refractivity contribution in [2.24, 2.45) is 0 Å². The first-order valence-electron chi connectivity index (χ1n) is 4.92. The van der Waals surface area contributed by atoms with Crippen molar-refractivity contribution in [2.75, 3.05) is 6.61 Å². The zero-order chi connectivity index (χ0) is 11.4. The lowest BCUT2D eigenvalue weighted by atomic mass is 10.2. The van der Waals surface area contributed by atoms with E-state index in [0.29, 0.717) is 18.1 Å². The van der Waals surface area contributed by atoms with Crippen molar-refractivity contribution in [2.45, 2.75) is 6.92 Å². The zero-order valence-electron chi connectivity index (χ0n) is 8.80. The highest BCUT2D eigenvalue weighted by atomic mass is 16.5. The number of nitrogens with one attached hydrogen (secondary N) is 1. The van der Waals surface area contributed by atoms with Gasteiger partial charge in [0.15, 0.2) is 0 Å². The first-order chi connectivity index (χ1) is 7.79. The highest BCUT2D eigenvalue weighted by Gasteiger charge is 2.01. The Bertz CT molecular complexity index is 537. The molecular formula is C11H11N3O2. The lowest BCUT2D eigenvalue weighted by Gasteiger charge is -2.04. The minimum absolute atomic E-state index is 0.237. The maximum Gasteiger partial charge on any atom is 0.266 e. The maximum atomic E-state index is 11.1. The van der Waals surface area contributed by atoms with Crippen molar-refractivity contribution in [3.8, 4) is 17.0 Å². The summed E-state index contributed by atoms with van der Waals surface area (Å²) in [6.45, 7) is 2.48. The van der Waals surface area contributed by atoms with Crippen LogP contribution >= 0.6 is 0 Å². The third-order valence-corrected chi connectivity index (χ3v) is 1.99. The SMILES string of the molecule is CCOc1cncc(-c2cncc(=O)[nH]2)c1. The van der Waals surface area contributed by atoms with E-state index >= 15 is 0 Å². The fourth-order valence-electron chi connectivity index (χ4n) is 1.34. The third kappa shape index (κ3) is 2.25. The molecule has 2 aromatic heterocycles. The Labute approximate surface area is 92.2 Å². The van der Waals surface area contributed by atoms with Crippen LogP contribution < -0.4 is 10.3 Å². The average molecular weight is 217 g/mol. The molecule has 0 saturated carbocycles. The highest BCUT2D eigenvalue weighted by Crippen LogP contribution is 2.18. The number of rotatable bonds is 3. The molecule has 2 heterocycles. The maximum absolute atomic E-state index is 11.1. The molecule has 1 N–H and O–H groups in total. The van der Waals surface area contributed by atoms with Gasteiger partial charge in [-0.15, -0.1) is 0 Å². The second-order valence-corrected chi connectivity index (χ2v) is 3.15. The van der Waals surface area contributed by atoms with Gasteiger partial charge in [-0.25, -0.2) is 0 Å². The number of ether oxygens (including phenoxy) is 1. The van der Waals surface area contributed by atoms with Crippen molar-refractivity contribution in [1.82, 2.24) is 15.0 Å². The number of aromatic nitrogens is 3. The van der Waals surface area contributed by atoms with E-state index in [2.05, 4.69) is 15.0 Å². The molecule has 2 aromatic rings. The molecule has 5 heteroatoms. The summed E-state index contributed by atoms with van der Waals surface area (Å²) < 4.78 is 5.32. The van der Waals surface area contributed by atoms with Crippen molar-refractivity contribution < 1.29 is 4.74 Å². The topological polar surface area (TPSA) is 67.9 Å². The molecular weight excluding hydrogens is 206 g/mol. The van der Waals surface area contributed by atoms with Crippen LogP contribution in [0.15, 0.2) is 35.6 Å². The van der Waals surface area contributed by atoms with Crippen LogP contribution in [-0.2, 0) is 0 Å². The molecule has 5 nitrogen and oxygen atoms in total. The predicted molar refractivity (Wildman–Crippen MR) is 59.3 cm³/mol. The summed E-state index contributed by atoms with van der Waals surface area (Å²) in [7, 11) is 0. The van der Waals surface area contributed by atoms with Gasteiger partial charge in [0.05, 0.1) is 30.9 Å². The Morgan fingerprint density at radius 3 is 2.81 bits per heavy atom. The molecule has 0 radical (unpaired) electrons. The van der Waals surface area contributed by atoms with Gasteiger partial charge in [-0.2, -0.15) is 0 Å². The van der Waals surface area contributed by atoms with Gasteiger partial charge in [0.2, 0.25) is 0 Å². The summed E-state index contributed by atoms with van der Waals surface area (Å²) in [5, 5.41) is 0. The second-order valence-electron chi connectivity index (χ2n) is 3.15. The normalized spacial score (nSPS) is 10.1. The Morgan fingerprint density at radius 2 is 2.06 bits per heavy atom. The molecule has 0 saturated heterocycles. The van der Waals surface area contributed by atoms with E-state index in [0.717, 1.165) is 5.56 Å². The molecule has 0 aliphatic carbocycles. The largest absolute Gasteiger partial charge is 0.492 e. The molecule has 0 amide bonds. The highest BCUT2D eigenvalue weighted by molar-refractivity contribution is 5.58. The van der Waals surface area contributed by atoms with Gasteiger partial charge in [0, 0.05) is 11.8 Å². The van der Waals surface area contributed by atoms with E-state index in [-0.39, 0.29) is 5.56 Å². The van der Waals surface area contributed by atoms with Gasteiger partial charge in [-0.05, 0) is 13.0 Å². The Kier molecular flexibility index (Phi) is 2.95. The number of H-pyrrole nitrogens is 1. The standard InChI is InChI=1S/C11H11N3O2/c1-2-16-9-3-8(4-12-5-9)10-6-13-7-11(15)14-10/h3-7H,2H2,1H3,(H,14,15). The van der Waals surface area contributed by atoms with Gasteiger partial charge in [-0.1, -0.05) is 0 Å². The fourth-order valence-corrected chi connectivity index (χ4v) is 1.34. The van der Waals surface area contributed by atoms with E-state index in [1.165, 1.54) is 6.20 Å². The summed E-state index contributed by atoms with van der Waals surface area (Å²) in [6.07, 6.45) is 6.08. The lowest BCUT2D eigenvalue weighted by Crippen LogP contribution is -2.05. The Morgan fingerprint density at radius 1 is 1.25 bits per heavy atom. The molecule has 0 spiro atoms. The molecule has 82 valence electrons. The second kappa shape index (κ2) is 4.57. The van der Waals surface area contributed by atoms with Crippen LogP contribution in [-0.4, -0.2) is 21.6 Å².